The summed E-state index contributed by atoms with van der Waals surface area (Å²) in [7, 11) is -3.10. The highest BCUT2D eigenvalue weighted by Gasteiger charge is 2.09. The molecule has 1 aromatic heterocycles. The largest absolute Gasteiger partial charge is 0.340 e. The third-order valence-electron chi connectivity index (χ3n) is 2.32. The van der Waals surface area contributed by atoms with Gasteiger partial charge in [0, 0.05) is 18.1 Å². The molecule has 1 aromatic carbocycles. The van der Waals surface area contributed by atoms with Gasteiger partial charge in [-0.3, -0.25) is 0 Å². The molecule has 0 aliphatic heterocycles. The fourth-order valence-electron chi connectivity index (χ4n) is 1.59. The fraction of sp³-hybridized carbons (Fsp3) is 0.167. The highest BCUT2D eigenvalue weighted by atomic mass is 35.5. The minimum absolute atomic E-state index is 0.0327. The smallest absolute Gasteiger partial charge is 0.224 e. The molecular formula is C12H12ClN3O2S. The van der Waals surface area contributed by atoms with Crippen LogP contribution >= 0.6 is 11.6 Å². The number of benzene rings is 1. The molecule has 0 aliphatic rings. The van der Waals surface area contributed by atoms with Crippen LogP contribution in [0.4, 0.5) is 11.5 Å². The van der Waals surface area contributed by atoms with Gasteiger partial charge in [0.1, 0.15) is 5.82 Å². The topological polar surface area (TPSA) is 72.0 Å². The number of para-hydroxylation sites is 1. The van der Waals surface area contributed by atoms with Crippen LogP contribution in [0, 0.1) is 0 Å². The molecule has 0 spiro atoms. The number of halogens is 1. The molecule has 0 saturated heterocycles. The van der Waals surface area contributed by atoms with Crippen molar-refractivity contribution in [1.82, 2.24) is 9.97 Å². The van der Waals surface area contributed by atoms with Gasteiger partial charge in [-0.2, -0.15) is 0 Å². The molecule has 0 saturated carbocycles. The second-order valence-electron chi connectivity index (χ2n) is 4.06. The van der Waals surface area contributed by atoms with E-state index >= 15 is 0 Å². The number of aromatic nitrogens is 2. The van der Waals surface area contributed by atoms with Crippen LogP contribution in [0.1, 0.15) is 5.56 Å². The van der Waals surface area contributed by atoms with E-state index in [9.17, 15) is 8.42 Å². The molecule has 2 aromatic rings. The van der Waals surface area contributed by atoms with Crippen molar-refractivity contribution >= 4 is 32.9 Å². The Morgan fingerprint density at radius 1 is 1.26 bits per heavy atom. The third kappa shape index (κ3) is 4.18. The van der Waals surface area contributed by atoms with Gasteiger partial charge in [-0.1, -0.05) is 18.2 Å². The van der Waals surface area contributed by atoms with E-state index in [0.29, 0.717) is 17.1 Å². The van der Waals surface area contributed by atoms with Crippen LogP contribution in [0.5, 0.6) is 0 Å². The van der Waals surface area contributed by atoms with E-state index in [2.05, 4.69) is 15.3 Å². The zero-order chi connectivity index (χ0) is 13.9. The van der Waals surface area contributed by atoms with Crippen molar-refractivity contribution in [2.45, 2.75) is 5.75 Å². The molecule has 0 fully saturated rings. The zero-order valence-electron chi connectivity index (χ0n) is 10.2. The lowest BCUT2D eigenvalue weighted by Gasteiger charge is -2.10. The first kappa shape index (κ1) is 13.8. The zero-order valence-corrected chi connectivity index (χ0v) is 11.7. The third-order valence-corrected chi connectivity index (χ3v) is 3.34. The molecule has 100 valence electrons. The molecule has 7 heteroatoms. The van der Waals surface area contributed by atoms with Crippen molar-refractivity contribution in [3.8, 4) is 0 Å². The summed E-state index contributed by atoms with van der Waals surface area (Å²) in [5.41, 5.74) is 1.36. The summed E-state index contributed by atoms with van der Waals surface area (Å²) in [5, 5.41) is 3.17. The SMILES string of the molecule is CS(=O)(=O)Cc1ccccc1Nc1ccnc(Cl)n1. The number of hydrogen-bond donors (Lipinski definition) is 1. The predicted octanol–water partition coefficient (Wildman–Crippen LogP) is 2.42. The maximum absolute atomic E-state index is 11.4. The molecule has 0 aliphatic carbocycles. The monoisotopic (exact) mass is 297 g/mol. The molecule has 0 atom stereocenters. The highest BCUT2D eigenvalue weighted by Crippen LogP contribution is 2.21. The lowest BCUT2D eigenvalue weighted by molar-refractivity contribution is 0.601. The molecule has 1 heterocycles. The van der Waals surface area contributed by atoms with Crippen LogP contribution < -0.4 is 5.32 Å². The van der Waals surface area contributed by atoms with E-state index in [0.717, 1.165) is 0 Å². The van der Waals surface area contributed by atoms with Crippen LogP contribution in [-0.4, -0.2) is 24.6 Å². The Kier molecular flexibility index (Phi) is 4.01. The number of anilines is 2. The van der Waals surface area contributed by atoms with Gasteiger partial charge in [-0.25, -0.2) is 18.4 Å². The number of sulfone groups is 1. The first-order valence-electron chi connectivity index (χ1n) is 5.45. The average molecular weight is 298 g/mol. The summed E-state index contributed by atoms with van der Waals surface area (Å²) in [6, 6.07) is 8.81. The van der Waals surface area contributed by atoms with Crippen molar-refractivity contribution in [1.29, 1.82) is 0 Å². The molecule has 0 amide bonds. The molecule has 0 bridgehead atoms. The Morgan fingerprint density at radius 3 is 2.68 bits per heavy atom. The van der Waals surface area contributed by atoms with Crippen LogP contribution in [0.3, 0.4) is 0 Å². The Morgan fingerprint density at radius 2 is 2.00 bits per heavy atom. The summed E-state index contributed by atoms with van der Waals surface area (Å²) in [5.74, 6) is 0.482. The Hall–Kier alpha value is -1.66. The number of nitrogens with zero attached hydrogens (tertiary/aromatic N) is 2. The quantitative estimate of drug-likeness (QED) is 0.878. The molecule has 2 rings (SSSR count). The summed E-state index contributed by atoms with van der Waals surface area (Å²) >= 11 is 5.70. The number of nitrogens with one attached hydrogen (secondary N) is 1. The number of hydrogen-bond acceptors (Lipinski definition) is 5. The summed E-state index contributed by atoms with van der Waals surface area (Å²) in [4.78, 5) is 7.78. The van der Waals surface area contributed by atoms with Crippen molar-refractivity contribution < 1.29 is 8.42 Å². The lowest BCUT2D eigenvalue weighted by atomic mass is 10.2. The minimum Gasteiger partial charge on any atom is -0.340 e. The highest BCUT2D eigenvalue weighted by molar-refractivity contribution is 7.89. The van der Waals surface area contributed by atoms with Gasteiger partial charge in [0.25, 0.3) is 0 Å². The first-order valence-corrected chi connectivity index (χ1v) is 7.89. The second kappa shape index (κ2) is 5.54. The first-order chi connectivity index (χ1) is 8.94. The Bertz CT molecular complexity index is 689. The second-order valence-corrected chi connectivity index (χ2v) is 6.54. The molecular weight excluding hydrogens is 286 g/mol. The summed E-state index contributed by atoms with van der Waals surface area (Å²) in [6.45, 7) is 0. The van der Waals surface area contributed by atoms with Gasteiger partial charge in [-0.05, 0) is 29.3 Å². The molecule has 0 radical (unpaired) electrons. The van der Waals surface area contributed by atoms with E-state index in [1.807, 2.05) is 6.07 Å². The van der Waals surface area contributed by atoms with Crippen LogP contribution in [0.2, 0.25) is 5.28 Å². The van der Waals surface area contributed by atoms with Crippen LogP contribution in [0.15, 0.2) is 36.5 Å². The molecule has 0 unspecified atom stereocenters. The number of rotatable bonds is 4. The predicted molar refractivity (Wildman–Crippen MR) is 75.3 cm³/mol. The van der Waals surface area contributed by atoms with Gasteiger partial charge in [0.2, 0.25) is 5.28 Å². The van der Waals surface area contributed by atoms with Gasteiger partial charge in [-0.15, -0.1) is 0 Å². The van der Waals surface area contributed by atoms with Gasteiger partial charge in [0.05, 0.1) is 5.75 Å². The summed E-state index contributed by atoms with van der Waals surface area (Å²) < 4.78 is 22.8. The molecule has 1 N–H and O–H groups in total. The Balaban J connectivity index is 2.30. The van der Waals surface area contributed by atoms with Crippen LogP contribution in [-0.2, 0) is 15.6 Å². The van der Waals surface area contributed by atoms with E-state index in [1.165, 1.54) is 12.5 Å². The summed E-state index contributed by atoms with van der Waals surface area (Å²) in [6.07, 6.45) is 2.72. The standard InChI is InChI=1S/C12H12ClN3O2S/c1-19(17,18)8-9-4-2-3-5-10(9)15-11-6-7-14-12(13)16-11/h2-7H,8H2,1H3,(H,14,15,16). The fourth-order valence-corrected chi connectivity index (χ4v) is 2.56. The van der Waals surface area contributed by atoms with Crippen LogP contribution in [0.25, 0.3) is 0 Å². The van der Waals surface area contributed by atoms with E-state index in [-0.39, 0.29) is 11.0 Å². The van der Waals surface area contributed by atoms with Crippen molar-refractivity contribution in [3.63, 3.8) is 0 Å². The van der Waals surface area contributed by atoms with E-state index in [1.54, 1.807) is 24.3 Å². The van der Waals surface area contributed by atoms with Gasteiger partial charge < -0.3 is 5.32 Å². The molecule has 19 heavy (non-hydrogen) atoms. The van der Waals surface area contributed by atoms with Crippen molar-refractivity contribution in [3.05, 3.63) is 47.4 Å². The average Bonchev–Trinajstić information content (AvgIpc) is 2.30. The van der Waals surface area contributed by atoms with E-state index in [4.69, 9.17) is 11.6 Å². The van der Waals surface area contributed by atoms with Crippen molar-refractivity contribution in [2.75, 3.05) is 11.6 Å². The normalized spacial score (nSPS) is 11.3. The minimum atomic E-state index is -3.10. The van der Waals surface area contributed by atoms with Gasteiger partial charge >= 0.3 is 0 Å². The molecule has 5 nitrogen and oxygen atoms in total. The lowest BCUT2D eigenvalue weighted by Crippen LogP contribution is -2.04. The van der Waals surface area contributed by atoms with Gasteiger partial charge in [0.15, 0.2) is 9.84 Å². The van der Waals surface area contributed by atoms with E-state index < -0.39 is 9.84 Å². The Labute approximate surface area is 116 Å². The van der Waals surface area contributed by atoms with Crippen molar-refractivity contribution in [2.24, 2.45) is 0 Å². The maximum Gasteiger partial charge on any atom is 0.224 e. The maximum atomic E-state index is 11.4.